The maximum absolute atomic E-state index is 11.9. The summed E-state index contributed by atoms with van der Waals surface area (Å²) in [7, 11) is 1.71. The highest BCUT2D eigenvalue weighted by molar-refractivity contribution is 5.86. The summed E-state index contributed by atoms with van der Waals surface area (Å²) in [5.41, 5.74) is 4.05. The average molecular weight is 446 g/mol. The van der Waals surface area contributed by atoms with Crippen LogP contribution in [0.25, 0.3) is 11.1 Å². The van der Waals surface area contributed by atoms with Gasteiger partial charge in [-0.05, 0) is 48.4 Å². The van der Waals surface area contributed by atoms with Gasteiger partial charge in [0.25, 0.3) is 0 Å². The van der Waals surface area contributed by atoms with E-state index >= 15 is 0 Å². The number of ether oxygens (including phenoxy) is 1. The molecule has 3 aromatic rings. The van der Waals surface area contributed by atoms with Gasteiger partial charge in [0.15, 0.2) is 0 Å². The van der Waals surface area contributed by atoms with Crippen molar-refractivity contribution >= 4 is 17.5 Å². The van der Waals surface area contributed by atoms with Gasteiger partial charge in [-0.2, -0.15) is 0 Å². The molecule has 0 spiro atoms. The first-order valence-electron chi connectivity index (χ1n) is 11.4. The zero-order chi connectivity index (χ0) is 23.0. The Labute approximate surface area is 195 Å². The predicted molar refractivity (Wildman–Crippen MR) is 134 cm³/mol. The molecular weight excluding hydrogens is 414 g/mol. The maximum Gasteiger partial charge on any atom is 0.411 e. The molecule has 0 aromatic heterocycles. The quantitative estimate of drug-likeness (QED) is 0.525. The third kappa shape index (κ3) is 5.65. The fraction of sp³-hybridized carbons (Fsp3) is 0.296. The van der Waals surface area contributed by atoms with Gasteiger partial charge in [-0.3, -0.25) is 9.80 Å². The van der Waals surface area contributed by atoms with Crippen molar-refractivity contribution in [3.05, 3.63) is 78.9 Å². The second kappa shape index (κ2) is 10.9. The highest BCUT2D eigenvalue weighted by atomic mass is 16.5. The molecule has 33 heavy (non-hydrogen) atoms. The van der Waals surface area contributed by atoms with Crippen LogP contribution in [0.2, 0.25) is 0 Å². The predicted octanol–water partition coefficient (Wildman–Crippen LogP) is 5.06. The molecule has 4 rings (SSSR count). The molecular formula is C27H31N3O3. The summed E-state index contributed by atoms with van der Waals surface area (Å²) in [6.45, 7) is 5.14. The van der Waals surface area contributed by atoms with Crippen molar-refractivity contribution in [2.24, 2.45) is 0 Å². The zero-order valence-electron chi connectivity index (χ0n) is 19.1. The second-order valence-corrected chi connectivity index (χ2v) is 8.20. The zero-order valence-corrected chi connectivity index (χ0v) is 19.1. The molecule has 0 radical (unpaired) electrons. The van der Waals surface area contributed by atoms with Crippen molar-refractivity contribution < 1.29 is 14.6 Å². The van der Waals surface area contributed by atoms with Crippen LogP contribution in [0.15, 0.2) is 78.9 Å². The number of hydrogen-bond acceptors (Lipinski definition) is 4. The first-order chi connectivity index (χ1) is 16.2. The van der Waals surface area contributed by atoms with Gasteiger partial charge in [-0.15, -0.1) is 0 Å². The normalized spacial score (nSPS) is 14.2. The fourth-order valence-electron chi connectivity index (χ4n) is 4.36. The molecule has 1 saturated heterocycles. The molecule has 6 nitrogen and oxygen atoms in total. The maximum atomic E-state index is 11.9. The Bertz CT molecular complexity index is 1030. The van der Waals surface area contributed by atoms with Gasteiger partial charge in [0.2, 0.25) is 0 Å². The number of nitrogens with zero attached hydrogens (tertiary/aromatic N) is 3. The summed E-state index contributed by atoms with van der Waals surface area (Å²) in [5.74, 6) is 0.904. The Morgan fingerprint density at radius 1 is 0.879 bits per heavy atom. The van der Waals surface area contributed by atoms with E-state index in [1.807, 2.05) is 60.7 Å². The third-order valence-corrected chi connectivity index (χ3v) is 6.17. The molecule has 1 aliphatic rings. The van der Waals surface area contributed by atoms with E-state index < -0.39 is 6.09 Å². The van der Waals surface area contributed by atoms with Gasteiger partial charge < -0.3 is 14.7 Å². The summed E-state index contributed by atoms with van der Waals surface area (Å²) in [6, 6.07) is 26.0. The fourth-order valence-corrected chi connectivity index (χ4v) is 4.36. The summed E-state index contributed by atoms with van der Waals surface area (Å²) in [6.07, 6.45) is -0.120. The van der Waals surface area contributed by atoms with Crippen LogP contribution in [0.4, 0.5) is 16.2 Å². The van der Waals surface area contributed by atoms with Crippen molar-refractivity contribution in [2.45, 2.75) is 6.42 Å². The van der Waals surface area contributed by atoms with E-state index in [4.69, 9.17) is 4.74 Å². The number of piperazine rings is 1. The molecule has 1 heterocycles. The topological polar surface area (TPSA) is 56.2 Å². The van der Waals surface area contributed by atoms with Crippen LogP contribution in [0.1, 0.15) is 6.42 Å². The van der Waals surface area contributed by atoms with Crippen molar-refractivity contribution in [3.8, 4) is 16.9 Å². The van der Waals surface area contributed by atoms with Crippen molar-refractivity contribution in [1.82, 2.24) is 4.90 Å². The molecule has 3 aromatic carbocycles. The van der Waals surface area contributed by atoms with Crippen LogP contribution in [-0.2, 0) is 0 Å². The van der Waals surface area contributed by atoms with Gasteiger partial charge in [0.05, 0.1) is 12.8 Å². The molecule has 0 saturated carbocycles. The van der Waals surface area contributed by atoms with Crippen molar-refractivity contribution in [2.75, 3.05) is 56.2 Å². The molecule has 1 N–H and O–H groups in total. The SMILES string of the molecule is COc1ccccc1N1CCN(CCCN(C(=O)O)c2ccc(-c3ccccc3)cc2)CC1. The van der Waals surface area contributed by atoms with E-state index in [1.54, 1.807) is 7.11 Å². The Morgan fingerprint density at radius 2 is 1.52 bits per heavy atom. The van der Waals surface area contributed by atoms with E-state index in [0.29, 0.717) is 12.2 Å². The Hall–Kier alpha value is -3.51. The molecule has 0 aliphatic carbocycles. The van der Waals surface area contributed by atoms with E-state index in [-0.39, 0.29) is 0 Å². The van der Waals surface area contributed by atoms with Crippen LogP contribution < -0.4 is 14.5 Å². The van der Waals surface area contributed by atoms with Crippen LogP contribution in [0, 0.1) is 0 Å². The average Bonchev–Trinajstić information content (AvgIpc) is 2.87. The number of amides is 1. The van der Waals surface area contributed by atoms with Gasteiger partial charge in [0.1, 0.15) is 5.75 Å². The molecule has 0 bridgehead atoms. The van der Waals surface area contributed by atoms with Crippen molar-refractivity contribution in [1.29, 1.82) is 0 Å². The minimum absolute atomic E-state index is 0.479. The second-order valence-electron chi connectivity index (χ2n) is 8.20. The van der Waals surface area contributed by atoms with Gasteiger partial charge in [-0.1, -0.05) is 54.6 Å². The van der Waals surface area contributed by atoms with Gasteiger partial charge in [0, 0.05) is 38.4 Å². The summed E-state index contributed by atoms with van der Waals surface area (Å²) < 4.78 is 5.50. The lowest BCUT2D eigenvalue weighted by atomic mass is 10.1. The lowest BCUT2D eigenvalue weighted by Crippen LogP contribution is -2.47. The van der Waals surface area contributed by atoms with E-state index in [2.05, 4.69) is 28.0 Å². The van der Waals surface area contributed by atoms with Crippen LogP contribution in [0.5, 0.6) is 5.75 Å². The number of anilines is 2. The van der Waals surface area contributed by atoms with E-state index in [9.17, 15) is 9.90 Å². The monoisotopic (exact) mass is 445 g/mol. The number of benzene rings is 3. The number of carboxylic acid groups (broad SMARTS) is 1. The van der Waals surface area contributed by atoms with Crippen LogP contribution in [0.3, 0.4) is 0 Å². The standard InChI is InChI=1S/C27H31N3O3/c1-33-26-11-6-5-10-25(26)29-20-18-28(19-21-29)16-7-17-30(27(31)32)24-14-12-23(13-15-24)22-8-3-2-4-9-22/h2-6,8-15H,7,16-21H2,1H3,(H,31,32). The smallest absolute Gasteiger partial charge is 0.411 e. The summed E-state index contributed by atoms with van der Waals surface area (Å²) >= 11 is 0. The number of para-hydroxylation sites is 2. The molecule has 0 atom stereocenters. The first-order valence-corrected chi connectivity index (χ1v) is 11.4. The van der Waals surface area contributed by atoms with Crippen LogP contribution in [-0.4, -0.2) is 62.5 Å². The largest absolute Gasteiger partial charge is 0.495 e. The lowest BCUT2D eigenvalue weighted by molar-refractivity contribution is 0.200. The molecule has 0 unspecified atom stereocenters. The highest BCUT2D eigenvalue weighted by Gasteiger charge is 2.20. The Balaban J connectivity index is 1.29. The van der Waals surface area contributed by atoms with Gasteiger partial charge >= 0.3 is 6.09 Å². The Kier molecular flexibility index (Phi) is 7.47. The number of rotatable bonds is 8. The molecule has 1 amide bonds. The highest BCUT2D eigenvalue weighted by Crippen LogP contribution is 2.28. The van der Waals surface area contributed by atoms with Gasteiger partial charge in [-0.25, -0.2) is 4.79 Å². The van der Waals surface area contributed by atoms with E-state index in [1.165, 1.54) is 4.90 Å². The first kappa shape index (κ1) is 22.7. The molecule has 172 valence electrons. The van der Waals surface area contributed by atoms with Crippen molar-refractivity contribution in [3.63, 3.8) is 0 Å². The Morgan fingerprint density at radius 3 is 2.18 bits per heavy atom. The minimum atomic E-state index is -0.913. The summed E-state index contributed by atoms with van der Waals surface area (Å²) in [4.78, 5) is 18.1. The number of hydrogen-bond donors (Lipinski definition) is 1. The molecule has 6 heteroatoms. The lowest BCUT2D eigenvalue weighted by Gasteiger charge is -2.36. The molecule has 1 fully saturated rings. The number of methoxy groups -OCH3 is 1. The number of carbonyl (C=O) groups is 1. The summed E-state index contributed by atoms with van der Waals surface area (Å²) in [5, 5.41) is 9.75. The molecule has 1 aliphatic heterocycles. The minimum Gasteiger partial charge on any atom is -0.495 e. The van der Waals surface area contributed by atoms with E-state index in [0.717, 1.165) is 61.7 Å². The van der Waals surface area contributed by atoms with Crippen LogP contribution >= 0.6 is 0 Å². The third-order valence-electron chi connectivity index (χ3n) is 6.17.